The molecule has 0 aliphatic carbocycles. The van der Waals surface area contributed by atoms with E-state index in [2.05, 4.69) is 15.5 Å². The van der Waals surface area contributed by atoms with E-state index in [1.54, 1.807) is 0 Å². The van der Waals surface area contributed by atoms with Crippen LogP contribution in [0.2, 0.25) is 0 Å². The fourth-order valence-corrected chi connectivity index (χ4v) is 2.18. The van der Waals surface area contributed by atoms with Crippen molar-refractivity contribution in [3.05, 3.63) is 58.8 Å². The second-order valence-electron chi connectivity index (χ2n) is 4.45. The Morgan fingerprint density at radius 2 is 2.06 bits per heavy atom. The molecule has 0 fully saturated rings. The minimum atomic E-state index is -0.280. The van der Waals surface area contributed by atoms with E-state index in [4.69, 9.17) is 0 Å². The quantitative estimate of drug-likeness (QED) is 0.818. The average Bonchev–Trinajstić information content (AvgIpc) is 2.41. The summed E-state index contributed by atoms with van der Waals surface area (Å²) in [4.78, 5) is 11.6. The lowest BCUT2D eigenvalue weighted by Gasteiger charge is -2.23. The standard InChI is InChI=1S/C14H13N3O/c1-9-4-6-10(7-5-9)12-11-3-2-8-15-13(11)14(18)17-16-12/h2-7,12,15H,8H2,1H3. The predicted octanol–water partition coefficient (Wildman–Crippen LogP) is 2.44. The van der Waals surface area contributed by atoms with Gasteiger partial charge in [0.15, 0.2) is 0 Å². The van der Waals surface area contributed by atoms with Gasteiger partial charge in [-0.2, -0.15) is 5.11 Å². The van der Waals surface area contributed by atoms with Gasteiger partial charge in [0, 0.05) is 12.1 Å². The number of azo groups is 1. The van der Waals surface area contributed by atoms with Crippen molar-refractivity contribution < 1.29 is 4.79 Å². The zero-order valence-corrected chi connectivity index (χ0v) is 10.1. The van der Waals surface area contributed by atoms with Crippen molar-refractivity contribution in [2.75, 3.05) is 6.54 Å². The second-order valence-corrected chi connectivity index (χ2v) is 4.45. The minimum Gasteiger partial charge on any atom is -0.377 e. The molecule has 1 N–H and O–H groups in total. The van der Waals surface area contributed by atoms with Gasteiger partial charge in [-0.1, -0.05) is 42.0 Å². The van der Waals surface area contributed by atoms with Crippen LogP contribution in [0.15, 0.2) is 57.9 Å². The molecule has 0 spiro atoms. The molecule has 2 heterocycles. The molecule has 4 heteroatoms. The summed E-state index contributed by atoms with van der Waals surface area (Å²) >= 11 is 0. The van der Waals surface area contributed by atoms with Crippen molar-refractivity contribution in [1.29, 1.82) is 0 Å². The van der Waals surface area contributed by atoms with Gasteiger partial charge in [0.1, 0.15) is 11.7 Å². The van der Waals surface area contributed by atoms with Crippen molar-refractivity contribution in [1.82, 2.24) is 5.32 Å². The van der Waals surface area contributed by atoms with Gasteiger partial charge in [-0.15, -0.1) is 5.11 Å². The summed E-state index contributed by atoms with van der Waals surface area (Å²) in [6.45, 7) is 2.71. The van der Waals surface area contributed by atoms with Crippen LogP contribution >= 0.6 is 0 Å². The number of aryl methyl sites for hydroxylation is 1. The van der Waals surface area contributed by atoms with E-state index in [0.717, 1.165) is 11.1 Å². The Morgan fingerprint density at radius 3 is 2.83 bits per heavy atom. The van der Waals surface area contributed by atoms with Crippen LogP contribution in [0, 0.1) is 6.92 Å². The van der Waals surface area contributed by atoms with E-state index in [1.807, 2.05) is 43.3 Å². The number of nitrogens with zero attached hydrogens (tertiary/aromatic N) is 2. The number of nitrogens with one attached hydrogen (secondary N) is 1. The summed E-state index contributed by atoms with van der Waals surface area (Å²) in [6, 6.07) is 7.97. The number of benzene rings is 1. The van der Waals surface area contributed by atoms with E-state index >= 15 is 0 Å². The molecule has 4 nitrogen and oxygen atoms in total. The molecule has 1 amide bonds. The Hall–Kier alpha value is -2.23. The lowest BCUT2D eigenvalue weighted by atomic mass is 9.94. The van der Waals surface area contributed by atoms with E-state index in [-0.39, 0.29) is 11.9 Å². The maximum Gasteiger partial charge on any atom is 0.311 e. The van der Waals surface area contributed by atoms with Crippen molar-refractivity contribution in [3.8, 4) is 0 Å². The average molecular weight is 239 g/mol. The van der Waals surface area contributed by atoms with E-state index in [0.29, 0.717) is 12.2 Å². The van der Waals surface area contributed by atoms with Crippen LogP contribution in [0.25, 0.3) is 0 Å². The van der Waals surface area contributed by atoms with Crippen molar-refractivity contribution in [2.24, 2.45) is 10.2 Å². The normalized spacial score (nSPS) is 21.8. The molecule has 0 aromatic heterocycles. The van der Waals surface area contributed by atoms with Crippen LogP contribution in [0.4, 0.5) is 0 Å². The molecule has 1 unspecified atom stereocenters. The van der Waals surface area contributed by atoms with Crippen LogP contribution in [0.5, 0.6) is 0 Å². The molecule has 1 aromatic rings. The highest BCUT2D eigenvalue weighted by Gasteiger charge is 2.27. The molecule has 90 valence electrons. The van der Waals surface area contributed by atoms with E-state index < -0.39 is 0 Å². The zero-order valence-electron chi connectivity index (χ0n) is 10.1. The molecule has 18 heavy (non-hydrogen) atoms. The number of carbonyl (C=O) groups excluding carboxylic acids is 1. The van der Waals surface area contributed by atoms with Gasteiger partial charge in [-0.25, -0.2) is 0 Å². The summed E-state index contributed by atoms with van der Waals surface area (Å²) in [6.07, 6.45) is 3.96. The molecule has 2 aliphatic heterocycles. The fourth-order valence-electron chi connectivity index (χ4n) is 2.18. The lowest BCUT2D eigenvalue weighted by molar-refractivity contribution is -0.115. The monoisotopic (exact) mass is 239 g/mol. The van der Waals surface area contributed by atoms with Gasteiger partial charge < -0.3 is 5.32 Å². The third kappa shape index (κ3) is 1.76. The topological polar surface area (TPSA) is 53.8 Å². The summed E-state index contributed by atoms with van der Waals surface area (Å²) in [7, 11) is 0. The Morgan fingerprint density at radius 1 is 1.28 bits per heavy atom. The van der Waals surface area contributed by atoms with E-state index in [1.165, 1.54) is 5.56 Å². The van der Waals surface area contributed by atoms with Gasteiger partial charge in [0.2, 0.25) is 0 Å². The SMILES string of the molecule is Cc1ccc(C2N=NC(=O)C3=C2C=CCN3)cc1. The summed E-state index contributed by atoms with van der Waals surface area (Å²) in [5.41, 5.74) is 3.75. The van der Waals surface area contributed by atoms with Crippen molar-refractivity contribution >= 4 is 5.91 Å². The lowest BCUT2D eigenvalue weighted by Crippen LogP contribution is -2.27. The second kappa shape index (κ2) is 4.22. The Bertz CT molecular complexity index is 582. The van der Waals surface area contributed by atoms with Gasteiger partial charge in [-0.3, -0.25) is 4.79 Å². The van der Waals surface area contributed by atoms with Crippen LogP contribution in [0.1, 0.15) is 17.2 Å². The third-order valence-electron chi connectivity index (χ3n) is 3.15. The molecular formula is C14H13N3O. The first-order valence-corrected chi connectivity index (χ1v) is 5.92. The molecule has 0 saturated carbocycles. The number of dihydropyridines is 1. The molecule has 1 aromatic carbocycles. The molecule has 0 radical (unpaired) electrons. The molecular weight excluding hydrogens is 226 g/mol. The maximum absolute atomic E-state index is 11.6. The summed E-state index contributed by atoms with van der Waals surface area (Å²) in [5.74, 6) is -0.280. The third-order valence-corrected chi connectivity index (χ3v) is 3.15. The van der Waals surface area contributed by atoms with Crippen LogP contribution in [0.3, 0.4) is 0 Å². The highest BCUT2D eigenvalue weighted by atomic mass is 16.2. The summed E-state index contributed by atoms with van der Waals surface area (Å²) < 4.78 is 0. The minimum absolute atomic E-state index is 0.178. The van der Waals surface area contributed by atoms with Crippen molar-refractivity contribution in [2.45, 2.75) is 13.0 Å². The van der Waals surface area contributed by atoms with Gasteiger partial charge >= 0.3 is 5.91 Å². The molecule has 2 aliphatic rings. The van der Waals surface area contributed by atoms with Crippen LogP contribution < -0.4 is 5.32 Å². The predicted molar refractivity (Wildman–Crippen MR) is 68.0 cm³/mol. The number of hydrogen-bond acceptors (Lipinski definition) is 3. The van der Waals surface area contributed by atoms with E-state index in [9.17, 15) is 4.79 Å². The van der Waals surface area contributed by atoms with Crippen molar-refractivity contribution in [3.63, 3.8) is 0 Å². The van der Waals surface area contributed by atoms with Gasteiger partial charge in [-0.05, 0) is 12.5 Å². The smallest absolute Gasteiger partial charge is 0.311 e. The number of amides is 1. The van der Waals surface area contributed by atoms with Gasteiger partial charge in [0.05, 0.1) is 0 Å². The fraction of sp³-hybridized carbons (Fsp3) is 0.214. The van der Waals surface area contributed by atoms with Crippen LogP contribution in [-0.2, 0) is 4.79 Å². The van der Waals surface area contributed by atoms with Crippen LogP contribution in [-0.4, -0.2) is 12.5 Å². The largest absolute Gasteiger partial charge is 0.377 e. The first kappa shape index (κ1) is 10.9. The zero-order chi connectivity index (χ0) is 12.5. The first-order valence-electron chi connectivity index (χ1n) is 5.92. The first-order chi connectivity index (χ1) is 8.75. The maximum atomic E-state index is 11.6. The number of hydrogen-bond donors (Lipinski definition) is 1. The highest BCUT2D eigenvalue weighted by molar-refractivity contribution is 5.95. The Kier molecular flexibility index (Phi) is 2.55. The number of carbonyl (C=O) groups is 1. The molecule has 1 atom stereocenters. The highest BCUT2D eigenvalue weighted by Crippen LogP contribution is 2.33. The Balaban J connectivity index is 2.04. The number of rotatable bonds is 1. The molecule has 3 rings (SSSR count). The van der Waals surface area contributed by atoms with Gasteiger partial charge in [0.25, 0.3) is 0 Å². The summed E-state index contributed by atoms with van der Waals surface area (Å²) in [5, 5.41) is 10.9. The molecule has 0 saturated heterocycles. The Labute approximate surface area is 105 Å². The molecule has 0 bridgehead atoms.